The first-order chi connectivity index (χ1) is 16.4. The molecule has 0 radical (unpaired) electrons. The highest BCUT2D eigenvalue weighted by Gasteiger charge is 2.32. The molecule has 4 rings (SSSR count). The Bertz CT molecular complexity index is 1390. The zero-order valence-corrected chi connectivity index (χ0v) is 18.1. The maximum absolute atomic E-state index is 14.4. The predicted molar refractivity (Wildman–Crippen MR) is 122 cm³/mol. The van der Waals surface area contributed by atoms with Gasteiger partial charge in [-0.1, -0.05) is 6.07 Å². The lowest BCUT2D eigenvalue weighted by atomic mass is 10.1. The highest BCUT2D eigenvalue weighted by molar-refractivity contribution is 6.00. The van der Waals surface area contributed by atoms with Crippen molar-refractivity contribution in [2.75, 3.05) is 17.2 Å². The molecule has 1 amide bonds. The fraction of sp³-hybridized carbons (Fsp3) is 0.167. The number of fused-ring (bicyclic) bond motifs is 1. The molecule has 4 aromatic rings. The Labute approximate surface area is 193 Å². The Kier molecular flexibility index (Phi) is 6.36. The Morgan fingerprint density at radius 1 is 1.12 bits per heavy atom. The molecule has 10 heteroatoms. The van der Waals surface area contributed by atoms with E-state index in [0.29, 0.717) is 11.2 Å². The van der Waals surface area contributed by atoms with E-state index in [4.69, 9.17) is 0 Å². The van der Waals surface area contributed by atoms with Crippen molar-refractivity contribution in [3.05, 3.63) is 83.7 Å². The van der Waals surface area contributed by atoms with Crippen LogP contribution in [0.5, 0.6) is 0 Å². The Morgan fingerprint density at radius 2 is 1.97 bits per heavy atom. The van der Waals surface area contributed by atoms with Crippen LogP contribution in [0, 0.1) is 18.3 Å². The van der Waals surface area contributed by atoms with Crippen molar-refractivity contribution in [1.29, 1.82) is 5.26 Å². The highest BCUT2D eigenvalue weighted by Crippen LogP contribution is 2.26. The number of hydrogen-bond acceptors (Lipinski definition) is 7. The van der Waals surface area contributed by atoms with Crippen molar-refractivity contribution in [1.82, 2.24) is 19.9 Å². The number of hydrogen-bond donors (Lipinski definition) is 2. The van der Waals surface area contributed by atoms with Crippen LogP contribution in [0.3, 0.4) is 0 Å². The average Bonchev–Trinajstić information content (AvgIpc) is 2.84. The molecule has 2 N–H and O–H groups in total. The van der Waals surface area contributed by atoms with Crippen molar-refractivity contribution in [2.45, 2.75) is 19.3 Å². The maximum Gasteiger partial charge on any atom is 0.306 e. The standard InChI is InChI=1S/C24H19F2N7O/c1-15-5-6-17-12-28-13-19(23(17)31-15)33-22(34)10-18-16(11-27)7-8-21(32-18)30-14-24(25,26)20-4-2-3-9-29-20/h2-9,12-13H,10,14H2,1H3,(H,30,32)(H,33,34). The van der Waals surface area contributed by atoms with Gasteiger partial charge < -0.3 is 10.6 Å². The van der Waals surface area contributed by atoms with E-state index in [2.05, 4.69) is 30.6 Å². The number of nitriles is 1. The van der Waals surface area contributed by atoms with Crippen molar-refractivity contribution in [2.24, 2.45) is 0 Å². The molecule has 4 heterocycles. The van der Waals surface area contributed by atoms with Crippen LogP contribution in [0.25, 0.3) is 10.9 Å². The zero-order chi connectivity index (χ0) is 24.1. The number of anilines is 2. The molecule has 0 unspecified atom stereocenters. The molecule has 0 spiro atoms. The summed E-state index contributed by atoms with van der Waals surface area (Å²) in [6.45, 7) is 1.09. The minimum atomic E-state index is -3.24. The second kappa shape index (κ2) is 9.54. The summed E-state index contributed by atoms with van der Waals surface area (Å²) in [7, 11) is 0. The summed E-state index contributed by atoms with van der Waals surface area (Å²) >= 11 is 0. The molecule has 4 aromatic heterocycles. The van der Waals surface area contributed by atoms with E-state index in [1.807, 2.05) is 25.1 Å². The Morgan fingerprint density at radius 3 is 2.74 bits per heavy atom. The average molecular weight is 459 g/mol. The number of halogens is 2. The SMILES string of the molecule is Cc1ccc2cncc(NC(=O)Cc3nc(NCC(F)(F)c4ccccn4)ccc3C#N)c2n1. The first kappa shape index (κ1) is 22.7. The van der Waals surface area contributed by atoms with Crippen molar-refractivity contribution in [3.63, 3.8) is 0 Å². The fourth-order valence-electron chi connectivity index (χ4n) is 3.29. The molecule has 0 saturated carbocycles. The van der Waals surface area contributed by atoms with Gasteiger partial charge in [0, 0.05) is 23.5 Å². The van der Waals surface area contributed by atoms with E-state index < -0.39 is 18.4 Å². The molecule has 34 heavy (non-hydrogen) atoms. The second-order valence-corrected chi connectivity index (χ2v) is 7.51. The van der Waals surface area contributed by atoms with Gasteiger partial charge in [-0.3, -0.25) is 19.7 Å². The monoisotopic (exact) mass is 459 g/mol. The molecule has 8 nitrogen and oxygen atoms in total. The number of amides is 1. The van der Waals surface area contributed by atoms with E-state index >= 15 is 0 Å². The minimum Gasteiger partial charge on any atom is -0.364 e. The van der Waals surface area contributed by atoms with Crippen LogP contribution in [0.15, 0.2) is 61.1 Å². The summed E-state index contributed by atoms with van der Waals surface area (Å²) in [5, 5.41) is 15.5. The lowest BCUT2D eigenvalue weighted by Gasteiger charge is -2.17. The third kappa shape index (κ3) is 5.10. The van der Waals surface area contributed by atoms with Gasteiger partial charge in [0.1, 0.15) is 17.6 Å². The molecule has 0 aliphatic heterocycles. The quantitative estimate of drug-likeness (QED) is 0.429. The number of rotatable bonds is 7. The number of aryl methyl sites for hydroxylation is 1. The van der Waals surface area contributed by atoms with Gasteiger partial charge in [0.2, 0.25) is 5.91 Å². The molecule has 170 valence electrons. The van der Waals surface area contributed by atoms with E-state index in [-0.39, 0.29) is 29.2 Å². The Hall–Kier alpha value is -4.52. The van der Waals surface area contributed by atoms with Gasteiger partial charge in [-0.15, -0.1) is 0 Å². The first-order valence-electron chi connectivity index (χ1n) is 10.3. The molecule has 0 atom stereocenters. The summed E-state index contributed by atoms with van der Waals surface area (Å²) in [6, 6.07) is 12.8. The second-order valence-electron chi connectivity index (χ2n) is 7.51. The molecule has 0 aliphatic carbocycles. The van der Waals surface area contributed by atoms with Gasteiger partial charge in [0.15, 0.2) is 0 Å². The van der Waals surface area contributed by atoms with Crippen LogP contribution in [0.1, 0.15) is 22.6 Å². The fourth-order valence-corrected chi connectivity index (χ4v) is 3.29. The summed E-state index contributed by atoms with van der Waals surface area (Å²) in [5.74, 6) is -3.57. The van der Waals surface area contributed by atoms with Crippen LogP contribution >= 0.6 is 0 Å². The summed E-state index contributed by atoms with van der Waals surface area (Å²) in [4.78, 5) is 29.2. The van der Waals surface area contributed by atoms with Gasteiger partial charge in [-0.25, -0.2) is 4.98 Å². The van der Waals surface area contributed by atoms with Gasteiger partial charge >= 0.3 is 5.92 Å². The van der Waals surface area contributed by atoms with Crippen LogP contribution in [-0.2, 0) is 17.1 Å². The van der Waals surface area contributed by atoms with Gasteiger partial charge in [-0.2, -0.15) is 14.0 Å². The number of nitrogens with zero attached hydrogens (tertiary/aromatic N) is 5. The summed E-state index contributed by atoms with van der Waals surface area (Å²) < 4.78 is 28.8. The highest BCUT2D eigenvalue weighted by atomic mass is 19.3. The number of alkyl halides is 2. The minimum absolute atomic E-state index is 0.113. The van der Waals surface area contributed by atoms with E-state index in [1.165, 1.54) is 36.7 Å². The van der Waals surface area contributed by atoms with E-state index in [1.54, 1.807) is 12.3 Å². The molecule has 0 fully saturated rings. The smallest absolute Gasteiger partial charge is 0.306 e. The topological polar surface area (TPSA) is 116 Å². The maximum atomic E-state index is 14.4. The Balaban J connectivity index is 1.50. The summed E-state index contributed by atoms with van der Waals surface area (Å²) in [6.07, 6.45) is 4.19. The van der Waals surface area contributed by atoms with Crippen LogP contribution in [0.2, 0.25) is 0 Å². The van der Waals surface area contributed by atoms with Crippen LogP contribution in [-0.4, -0.2) is 32.4 Å². The lowest BCUT2D eigenvalue weighted by molar-refractivity contribution is -0.115. The number of pyridine rings is 4. The normalized spacial score (nSPS) is 11.1. The third-order valence-corrected chi connectivity index (χ3v) is 4.97. The number of nitrogens with one attached hydrogen (secondary N) is 2. The zero-order valence-electron chi connectivity index (χ0n) is 18.1. The molecule has 0 aliphatic rings. The molecule has 0 saturated heterocycles. The van der Waals surface area contributed by atoms with E-state index in [9.17, 15) is 18.8 Å². The van der Waals surface area contributed by atoms with Crippen molar-refractivity contribution in [3.8, 4) is 6.07 Å². The first-order valence-corrected chi connectivity index (χ1v) is 10.3. The molecular formula is C24H19F2N7O. The molecule has 0 aromatic carbocycles. The number of aromatic nitrogens is 4. The predicted octanol–water partition coefficient (Wildman–Crippen LogP) is 3.99. The van der Waals surface area contributed by atoms with Crippen molar-refractivity contribution >= 4 is 28.3 Å². The molecular weight excluding hydrogens is 440 g/mol. The van der Waals surface area contributed by atoms with Gasteiger partial charge in [0.05, 0.1) is 41.6 Å². The van der Waals surface area contributed by atoms with Crippen LogP contribution < -0.4 is 10.6 Å². The van der Waals surface area contributed by atoms with Gasteiger partial charge in [-0.05, 0) is 43.3 Å². The van der Waals surface area contributed by atoms with Crippen LogP contribution in [0.4, 0.5) is 20.3 Å². The largest absolute Gasteiger partial charge is 0.364 e. The van der Waals surface area contributed by atoms with Gasteiger partial charge in [0.25, 0.3) is 0 Å². The van der Waals surface area contributed by atoms with E-state index in [0.717, 1.165) is 11.1 Å². The number of carbonyl (C=O) groups is 1. The number of carbonyl (C=O) groups excluding carboxylic acids is 1. The van der Waals surface area contributed by atoms with Crippen molar-refractivity contribution < 1.29 is 13.6 Å². The third-order valence-electron chi connectivity index (χ3n) is 4.97. The molecule has 0 bridgehead atoms. The lowest BCUT2D eigenvalue weighted by Crippen LogP contribution is -2.26. The summed E-state index contributed by atoms with van der Waals surface area (Å²) in [5.41, 5.74) is 1.75.